The van der Waals surface area contributed by atoms with Crippen molar-refractivity contribution in [1.82, 2.24) is 19.1 Å². The number of rotatable bonds is 4. The van der Waals surface area contributed by atoms with Crippen LogP contribution in [-0.4, -0.2) is 45.4 Å². The Kier molecular flexibility index (Phi) is 5.13. The summed E-state index contributed by atoms with van der Waals surface area (Å²) >= 11 is 0. The van der Waals surface area contributed by atoms with Crippen molar-refractivity contribution >= 4 is 27.8 Å². The van der Waals surface area contributed by atoms with E-state index < -0.39 is 0 Å². The van der Waals surface area contributed by atoms with Crippen molar-refractivity contribution in [3.63, 3.8) is 0 Å². The summed E-state index contributed by atoms with van der Waals surface area (Å²) in [5, 5.41) is 0.771. The van der Waals surface area contributed by atoms with Crippen LogP contribution in [0.15, 0.2) is 41.5 Å². The largest absolute Gasteiger partial charge is 0.381 e. The fourth-order valence-corrected chi connectivity index (χ4v) is 5.40. The van der Waals surface area contributed by atoms with E-state index in [9.17, 15) is 4.79 Å². The van der Waals surface area contributed by atoms with Crippen molar-refractivity contribution in [3.05, 3.63) is 53.0 Å². The number of aryl methyl sites for hydroxylation is 1. The van der Waals surface area contributed by atoms with Gasteiger partial charge in [-0.05, 0) is 50.3 Å². The van der Waals surface area contributed by atoms with Gasteiger partial charge < -0.3 is 9.64 Å². The molecule has 1 saturated heterocycles. The average Bonchev–Trinajstić information content (AvgIpc) is 3.09. The number of benzene rings is 1. The van der Waals surface area contributed by atoms with Crippen LogP contribution in [0.2, 0.25) is 0 Å². The zero-order valence-corrected chi connectivity index (χ0v) is 19.5. The third-order valence-corrected chi connectivity index (χ3v) is 7.51. The van der Waals surface area contributed by atoms with E-state index in [1.807, 2.05) is 22.8 Å². The van der Waals surface area contributed by atoms with Crippen molar-refractivity contribution in [1.29, 1.82) is 0 Å². The minimum Gasteiger partial charge on any atom is -0.381 e. The average molecular weight is 462 g/mol. The quantitative estimate of drug-likeness (QED) is 0.450. The van der Waals surface area contributed by atoms with Crippen molar-refractivity contribution < 1.29 is 9.13 Å². The SMILES string of the molecule is CO[C@H]1C[C@@H](n2c(=O)n(C)c3cnc4cc(F)c(-c5ccc(N6CCCCC6)nc5)cc4c32)C1. The first-order valence-electron chi connectivity index (χ1n) is 12.0. The van der Waals surface area contributed by atoms with Crippen LogP contribution in [0.4, 0.5) is 10.2 Å². The Morgan fingerprint density at radius 3 is 2.56 bits per heavy atom. The van der Waals surface area contributed by atoms with E-state index in [-0.39, 0.29) is 23.7 Å². The molecule has 0 bridgehead atoms. The van der Waals surface area contributed by atoms with E-state index in [0.717, 1.165) is 48.2 Å². The van der Waals surface area contributed by atoms with Gasteiger partial charge in [-0.1, -0.05) is 0 Å². The molecule has 0 unspecified atom stereocenters. The first kappa shape index (κ1) is 21.3. The minimum atomic E-state index is -0.347. The third-order valence-electron chi connectivity index (χ3n) is 7.51. The zero-order chi connectivity index (χ0) is 23.4. The van der Waals surface area contributed by atoms with Crippen molar-refractivity contribution in [2.45, 2.75) is 44.2 Å². The van der Waals surface area contributed by atoms with E-state index in [2.05, 4.69) is 14.9 Å². The maximum Gasteiger partial charge on any atom is 0.329 e. The molecular weight excluding hydrogens is 433 g/mol. The Hall–Kier alpha value is -3.26. The van der Waals surface area contributed by atoms with Crippen molar-refractivity contribution in [2.24, 2.45) is 7.05 Å². The molecule has 2 aliphatic rings. The molecule has 6 rings (SSSR count). The van der Waals surface area contributed by atoms with Gasteiger partial charge in [0, 0.05) is 62.1 Å². The number of imidazole rings is 1. The van der Waals surface area contributed by atoms with Gasteiger partial charge in [-0.2, -0.15) is 0 Å². The number of anilines is 1. The number of hydrogen-bond donors (Lipinski definition) is 0. The van der Waals surface area contributed by atoms with Gasteiger partial charge in [0.2, 0.25) is 0 Å². The molecule has 34 heavy (non-hydrogen) atoms. The molecule has 1 aromatic carbocycles. The Balaban J connectivity index is 1.47. The highest BCUT2D eigenvalue weighted by Gasteiger charge is 2.34. The van der Waals surface area contributed by atoms with Crippen LogP contribution in [0.25, 0.3) is 33.1 Å². The van der Waals surface area contributed by atoms with Gasteiger partial charge in [0.1, 0.15) is 11.6 Å². The fraction of sp³-hybridized carbons (Fsp3) is 0.423. The Bertz CT molecular complexity index is 1430. The second-order valence-corrected chi connectivity index (χ2v) is 9.49. The van der Waals surface area contributed by atoms with E-state index in [4.69, 9.17) is 4.74 Å². The van der Waals surface area contributed by atoms with Crippen LogP contribution in [0.1, 0.15) is 38.1 Å². The number of methoxy groups -OCH3 is 1. The summed E-state index contributed by atoms with van der Waals surface area (Å²) in [5.41, 5.74) is 3.18. The summed E-state index contributed by atoms with van der Waals surface area (Å²) in [5.74, 6) is 0.586. The van der Waals surface area contributed by atoms with E-state index in [1.54, 1.807) is 31.1 Å². The second kappa shape index (κ2) is 8.20. The minimum absolute atomic E-state index is 0.0609. The zero-order valence-electron chi connectivity index (χ0n) is 19.5. The summed E-state index contributed by atoms with van der Waals surface area (Å²) in [6.45, 7) is 2.02. The molecule has 8 heteroatoms. The van der Waals surface area contributed by atoms with Gasteiger partial charge in [-0.25, -0.2) is 14.2 Å². The number of fused-ring (bicyclic) bond motifs is 3. The smallest absolute Gasteiger partial charge is 0.329 e. The molecule has 7 nitrogen and oxygen atoms in total. The second-order valence-electron chi connectivity index (χ2n) is 9.49. The van der Waals surface area contributed by atoms with Crippen molar-refractivity contribution in [3.8, 4) is 11.1 Å². The Labute approximate surface area is 196 Å². The van der Waals surface area contributed by atoms with Crippen LogP contribution < -0.4 is 10.6 Å². The van der Waals surface area contributed by atoms with Gasteiger partial charge in [0.25, 0.3) is 0 Å². The van der Waals surface area contributed by atoms with Crippen LogP contribution in [-0.2, 0) is 11.8 Å². The first-order valence-corrected chi connectivity index (χ1v) is 12.0. The third kappa shape index (κ3) is 3.31. The molecule has 0 atom stereocenters. The monoisotopic (exact) mass is 461 g/mol. The standard InChI is InChI=1S/C26H28FN5O2/c1-30-23-15-28-22-13-21(27)19(16-6-7-24(29-14-16)31-8-4-3-5-9-31)12-20(22)25(23)32(26(30)33)17-10-18(11-17)34-2/h6-7,12-15,17-18H,3-5,8-11H2,1-2H3/t17-,18+. The lowest BCUT2D eigenvalue weighted by Crippen LogP contribution is -2.37. The molecule has 1 aliphatic carbocycles. The number of halogens is 1. The van der Waals surface area contributed by atoms with Crippen LogP contribution in [0.5, 0.6) is 0 Å². The number of pyridine rings is 2. The molecule has 0 radical (unpaired) electrons. The normalized spacial score (nSPS) is 20.7. The van der Waals surface area contributed by atoms with E-state index >= 15 is 4.39 Å². The highest BCUT2D eigenvalue weighted by atomic mass is 19.1. The maximum absolute atomic E-state index is 15.2. The lowest BCUT2D eigenvalue weighted by molar-refractivity contribution is 0.00635. The molecule has 1 aliphatic heterocycles. The van der Waals surface area contributed by atoms with Crippen LogP contribution >= 0.6 is 0 Å². The van der Waals surface area contributed by atoms with Gasteiger partial charge in [-0.3, -0.25) is 14.1 Å². The van der Waals surface area contributed by atoms with E-state index in [1.165, 1.54) is 25.3 Å². The van der Waals surface area contributed by atoms with Gasteiger partial charge >= 0.3 is 5.69 Å². The van der Waals surface area contributed by atoms with Crippen LogP contribution in [0, 0.1) is 5.82 Å². The highest BCUT2D eigenvalue weighted by molar-refractivity contribution is 6.04. The molecule has 0 amide bonds. The predicted molar refractivity (Wildman–Crippen MR) is 131 cm³/mol. The number of ether oxygens (including phenoxy) is 1. The Morgan fingerprint density at radius 1 is 1.06 bits per heavy atom. The lowest BCUT2D eigenvalue weighted by Gasteiger charge is -2.34. The predicted octanol–water partition coefficient (Wildman–Crippen LogP) is 4.43. The lowest BCUT2D eigenvalue weighted by atomic mass is 9.89. The van der Waals surface area contributed by atoms with Gasteiger partial charge in [0.15, 0.2) is 0 Å². The van der Waals surface area contributed by atoms with Gasteiger partial charge in [-0.15, -0.1) is 0 Å². The number of nitrogens with zero attached hydrogens (tertiary/aromatic N) is 5. The molecule has 0 spiro atoms. The molecule has 4 heterocycles. The topological polar surface area (TPSA) is 65.2 Å². The molecule has 176 valence electrons. The highest BCUT2D eigenvalue weighted by Crippen LogP contribution is 2.38. The number of hydrogen-bond acceptors (Lipinski definition) is 5. The van der Waals surface area contributed by atoms with E-state index in [0.29, 0.717) is 16.6 Å². The summed E-state index contributed by atoms with van der Waals surface area (Å²) in [7, 11) is 3.46. The molecular formula is C26H28FN5O2. The molecule has 2 fully saturated rings. The number of aromatic nitrogens is 4. The first-order chi connectivity index (χ1) is 16.5. The summed E-state index contributed by atoms with van der Waals surface area (Å²) < 4.78 is 24.1. The molecule has 4 aromatic rings. The maximum atomic E-state index is 15.2. The summed E-state index contributed by atoms with van der Waals surface area (Å²) in [4.78, 5) is 24.5. The van der Waals surface area contributed by atoms with Gasteiger partial charge in [0.05, 0.1) is 28.9 Å². The molecule has 3 aromatic heterocycles. The summed E-state index contributed by atoms with van der Waals surface area (Å²) in [6, 6.07) is 7.25. The number of piperidine rings is 1. The molecule has 1 saturated carbocycles. The Morgan fingerprint density at radius 2 is 1.85 bits per heavy atom. The molecule has 0 N–H and O–H groups in total. The van der Waals surface area contributed by atoms with Crippen LogP contribution in [0.3, 0.4) is 0 Å². The fourth-order valence-electron chi connectivity index (χ4n) is 5.40. The van der Waals surface area contributed by atoms with Crippen molar-refractivity contribution in [2.75, 3.05) is 25.1 Å². The summed E-state index contributed by atoms with van der Waals surface area (Å²) in [6.07, 6.45) is 8.76.